The van der Waals surface area contributed by atoms with E-state index in [4.69, 9.17) is 32.7 Å². The molecule has 0 aliphatic carbocycles. The predicted octanol–water partition coefficient (Wildman–Crippen LogP) is 4.75. The third kappa shape index (κ3) is 4.91. The normalized spacial score (nSPS) is 10.1. The fourth-order valence-electron chi connectivity index (χ4n) is 2.05. The molecule has 126 valence electrons. The molecule has 6 heteroatoms. The predicted molar refractivity (Wildman–Crippen MR) is 97.5 cm³/mol. The van der Waals surface area contributed by atoms with Crippen molar-refractivity contribution < 1.29 is 14.3 Å². The number of methoxy groups -OCH3 is 1. The molecule has 2 aromatic rings. The summed E-state index contributed by atoms with van der Waals surface area (Å²) in [6, 6.07) is 10.3. The zero-order chi connectivity index (χ0) is 17.5. The molecule has 0 saturated heterocycles. The van der Waals surface area contributed by atoms with Gasteiger partial charge in [0.15, 0.2) is 18.1 Å². The maximum absolute atomic E-state index is 12.0. The quantitative estimate of drug-likeness (QED) is 0.720. The van der Waals surface area contributed by atoms with Gasteiger partial charge in [0.2, 0.25) is 0 Å². The van der Waals surface area contributed by atoms with Crippen LogP contribution in [0.3, 0.4) is 0 Å². The summed E-state index contributed by atoms with van der Waals surface area (Å²) < 4.78 is 10.8. The van der Waals surface area contributed by atoms with Crippen LogP contribution < -0.4 is 14.8 Å². The average Bonchev–Trinajstić information content (AvgIpc) is 2.56. The van der Waals surface area contributed by atoms with Crippen LogP contribution >= 0.6 is 23.2 Å². The van der Waals surface area contributed by atoms with Crippen molar-refractivity contribution >= 4 is 34.8 Å². The second kappa shape index (κ2) is 8.62. The first-order valence-electron chi connectivity index (χ1n) is 7.19. The average molecular weight is 366 g/mol. The standard InChI is InChI=1S/C18H17Cl2NO3/c1-3-4-12-5-8-16(17(9-12)23-2)24-11-18(22)21-15-7-6-13(19)10-14(15)20/h3,5-10H,1,4,11H2,2H3,(H,21,22). The van der Waals surface area contributed by atoms with E-state index in [-0.39, 0.29) is 12.5 Å². The lowest BCUT2D eigenvalue weighted by Gasteiger charge is -2.12. The van der Waals surface area contributed by atoms with E-state index in [1.165, 1.54) is 0 Å². The van der Waals surface area contributed by atoms with Gasteiger partial charge >= 0.3 is 0 Å². The topological polar surface area (TPSA) is 47.6 Å². The molecular formula is C18H17Cl2NO3. The van der Waals surface area contributed by atoms with Crippen LogP contribution in [0.4, 0.5) is 5.69 Å². The third-order valence-corrected chi connectivity index (χ3v) is 3.72. The second-order valence-corrected chi connectivity index (χ2v) is 5.78. The number of nitrogens with one attached hydrogen (secondary N) is 1. The van der Waals surface area contributed by atoms with Crippen LogP contribution in [0.15, 0.2) is 49.1 Å². The minimum Gasteiger partial charge on any atom is -0.493 e. The van der Waals surface area contributed by atoms with E-state index in [9.17, 15) is 4.79 Å². The lowest BCUT2D eigenvalue weighted by atomic mass is 10.1. The Labute approximate surface area is 151 Å². The maximum Gasteiger partial charge on any atom is 0.262 e. The summed E-state index contributed by atoms with van der Waals surface area (Å²) in [6.07, 6.45) is 2.53. The minimum absolute atomic E-state index is 0.171. The summed E-state index contributed by atoms with van der Waals surface area (Å²) in [5, 5.41) is 3.53. The number of halogens is 2. The molecule has 0 heterocycles. The summed E-state index contributed by atoms with van der Waals surface area (Å²) in [4.78, 5) is 12.0. The number of carbonyl (C=O) groups excluding carboxylic acids is 1. The van der Waals surface area contributed by atoms with Gasteiger partial charge in [0.05, 0.1) is 17.8 Å². The molecule has 0 bridgehead atoms. The van der Waals surface area contributed by atoms with Gasteiger partial charge in [0.25, 0.3) is 5.91 Å². The van der Waals surface area contributed by atoms with E-state index in [0.717, 1.165) is 12.0 Å². The summed E-state index contributed by atoms with van der Waals surface area (Å²) in [5.41, 5.74) is 1.52. The van der Waals surface area contributed by atoms with Crippen LogP contribution in [-0.4, -0.2) is 19.6 Å². The van der Waals surface area contributed by atoms with Crippen LogP contribution in [-0.2, 0) is 11.2 Å². The first-order chi connectivity index (χ1) is 11.5. The largest absolute Gasteiger partial charge is 0.493 e. The van der Waals surface area contributed by atoms with Gasteiger partial charge in [-0.25, -0.2) is 0 Å². The molecule has 0 fully saturated rings. The first-order valence-corrected chi connectivity index (χ1v) is 7.94. The van der Waals surface area contributed by atoms with E-state index in [1.807, 2.05) is 12.1 Å². The minimum atomic E-state index is -0.337. The third-order valence-electron chi connectivity index (χ3n) is 3.17. The van der Waals surface area contributed by atoms with Crippen LogP contribution in [0, 0.1) is 0 Å². The van der Waals surface area contributed by atoms with Crippen molar-refractivity contribution in [2.45, 2.75) is 6.42 Å². The Balaban J connectivity index is 1.99. The Morgan fingerprint density at radius 3 is 2.67 bits per heavy atom. The number of ether oxygens (including phenoxy) is 2. The monoisotopic (exact) mass is 365 g/mol. The van der Waals surface area contributed by atoms with Gasteiger partial charge in [-0.2, -0.15) is 0 Å². The van der Waals surface area contributed by atoms with Gasteiger partial charge in [-0.1, -0.05) is 35.3 Å². The molecule has 2 aromatic carbocycles. The Hall–Kier alpha value is -2.17. The molecule has 4 nitrogen and oxygen atoms in total. The highest BCUT2D eigenvalue weighted by Crippen LogP contribution is 2.29. The number of anilines is 1. The lowest BCUT2D eigenvalue weighted by Crippen LogP contribution is -2.20. The Kier molecular flexibility index (Phi) is 6.53. The maximum atomic E-state index is 12.0. The number of hydrogen-bond donors (Lipinski definition) is 1. The van der Waals surface area contributed by atoms with Crippen molar-refractivity contribution in [3.8, 4) is 11.5 Å². The molecule has 24 heavy (non-hydrogen) atoms. The number of benzene rings is 2. The van der Waals surface area contributed by atoms with Gasteiger partial charge < -0.3 is 14.8 Å². The molecule has 1 N–H and O–H groups in total. The highest BCUT2D eigenvalue weighted by atomic mass is 35.5. The SMILES string of the molecule is C=CCc1ccc(OCC(=O)Nc2ccc(Cl)cc2Cl)c(OC)c1. The molecule has 0 aromatic heterocycles. The summed E-state index contributed by atoms with van der Waals surface area (Å²) >= 11 is 11.8. The molecular weight excluding hydrogens is 349 g/mol. The van der Waals surface area contributed by atoms with Gasteiger partial charge in [0, 0.05) is 5.02 Å². The number of amides is 1. The van der Waals surface area contributed by atoms with Crippen molar-refractivity contribution in [3.05, 3.63) is 64.7 Å². The summed E-state index contributed by atoms with van der Waals surface area (Å²) in [7, 11) is 1.55. The molecule has 0 unspecified atom stereocenters. The molecule has 0 spiro atoms. The zero-order valence-electron chi connectivity index (χ0n) is 13.1. The van der Waals surface area contributed by atoms with Crippen LogP contribution in [0.2, 0.25) is 10.0 Å². The summed E-state index contributed by atoms with van der Waals surface area (Å²) in [6.45, 7) is 3.53. The van der Waals surface area contributed by atoms with Crippen molar-refractivity contribution in [2.24, 2.45) is 0 Å². The van der Waals surface area contributed by atoms with Crippen molar-refractivity contribution in [2.75, 3.05) is 19.0 Å². The van der Waals surface area contributed by atoms with Crippen molar-refractivity contribution in [1.82, 2.24) is 0 Å². The molecule has 0 atom stereocenters. The van der Waals surface area contributed by atoms with Crippen LogP contribution in [0.25, 0.3) is 0 Å². The lowest BCUT2D eigenvalue weighted by molar-refractivity contribution is -0.118. The van der Waals surface area contributed by atoms with E-state index < -0.39 is 0 Å². The fourth-order valence-corrected chi connectivity index (χ4v) is 2.50. The first kappa shape index (κ1) is 18.2. The number of rotatable bonds is 7. The Bertz CT molecular complexity index is 747. The second-order valence-electron chi connectivity index (χ2n) is 4.94. The van der Waals surface area contributed by atoms with E-state index in [1.54, 1.807) is 37.5 Å². The highest BCUT2D eigenvalue weighted by molar-refractivity contribution is 6.36. The molecule has 0 aliphatic heterocycles. The molecule has 0 aliphatic rings. The highest BCUT2D eigenvalue weighted by Gasteiger charge is 2.10. The van der Waals surface area contributed by atoms with Crippen molar-refractivity contribution in [1.29, 1.82) is 0 Å². The number of hydrogen-bond acceptors (Lipinski definition) is 3. The smallest absolute Gasteiger partial charge is 0.262 e. The Morgan fingerprint density at radius 2 is 2.00 bits per heavy atom. The summed E-state index contributed by atoms with van der Waals surface area (Å²) in [5.74, 6) is 0.714. The number of allylic oxidation sites excluding steroid dienone is 1. The zero-order valence-corrected chi connectivity index (χ0v) is 14.7. The van der Waals surface area contributed by atoms with E-state index in [2.05, 4.69) is 11.9 Å². The van der Waals surface area contributed by atoms with Gasteiger partial charge in [-0.3, -0.25) is 4.79 Å². The van der Waals surface area contributed by atoms with Crippen molar-refractivity contribution in [3.63, 3.8) is 0 Å². The van der Waals surface area contributed by atoms with Gasteiger partial charge in [-0.15, -0.1) is 6.58 Å². The molecule has 0 saturated carbocycles. The number of carbonyl (C=O) groups is 1. The van der Waals surface area contributed by atoms with E-state index in [0.29, 0.717) is 27.2 Å². The van der Waals surface area contributed by atoms with Gasteiger partial charge in [-0.05, 0) is 42.3 Å². The van der Waals surface area contributed by atoms with Crippen LogP contribution in [0.5, 0.6) is 11.5 Å². The van der Waals surface area contributed by atoms with Gasteiger partial charge in [0.1, 0.15) is 0 Å². The molecule has 1 amide bonds. The van der Waals surface area contributed by atoms with E-state index >= 15 is 0 Å². The Morgan fingerprint density at radius 1 is 1.21 bits per heavy atom. The molecule has 2 rings (SSSR count). The van der Waals surface area contributed by atoms with Crippen LogP contribution in [0.1, 0.15) is 5.56 Å². The molecule has 0 radical (unpaired) electrons. The fraction of sp³-hybridized carbons (Fsp3) is 0.167.